The lowest BCUT2D eigenvalue weighted by atomic mass is 10.1. The predicted octanol–water partition coefficient (Wildman–Crippen LogP) is 5.12. The van der Waals surface area contributed by atoms with Crippen molar-refractivity contribution in [3.8, 4) is 28.8 Å². The average Bonchev–Trinajstić information content (AvgIpc) is 3.55. The van der Waals surface area contributed by atoms with Crippen molar-refractivity contribution in [2.45, 2.75) is 33.2 Å². The van der Waals surface area contributed by atoms with E-state index in [1.807, 2.05) is 10.6 Å². The average molecular weight is 514 g/mol. The number of carbonyl (C=O) groups is 2. The van der Waals surface area contributed by atoms with E-state index in [1.54, 1.807) is 54.5 Å². The number of hydrogen-bond acceptors (Lipinski definition) is 5. The number of halogens is 1. The number of aromatic nitrogens is 3. The zero-order valence-corrected chi connectivity index (χ0v) is 20.4. The zero-order valence-electron chi connectivity index (χ0n) is 20.4. The Labute approximate surface area is 220 Å². The second-order valence-corrected chi connectivity index (χ2v) is 8.54. The topological polar surface area (TPSA) is 88.8 Å². The first-order chi connectivity index (χ1) is 18.0. The molecule has 0 unspecified atom stereocenters. The Hall–Kier alpha value is -4.71. The summed E-state index contributed by atoms with van der Waals surface area (Å²) in [6.45, 7) is 2.28. The number of imidazole rings is 1. The summed E-state index contributed by atoms with van der Waals surface area (Å²) in [5, 5.41) is 2.58. The smallest absolute Gasteiger partial charge is 0.299 e. The van der Waals surface area contributed by atoms with Crippen molar-refractivity contribution < 1.29 is 18.7 Å². The van der Waals surface area contributed by atoms with E-state index in [9.17, 15) is 14.0 Å². The van der Waals surface area contributed by atoms with Crippen LogP contribution < -0.4 is 10.1 Å². The van der Waals surface area contributed by atoms with Crippen LogP contribution in [0.3, 0.4) is 0 Å². The lowest BCUT2D eigenvalue weighted by Gasteiger charge is -2.21. The number of nitrogens with zero attached hydrogens (tertiary/aromatic N) is 4. The van der Waals surface area contributed by atoms with Crippen LogP contribution in [0.5, 0.6) is 5.75 Å². The number of amides is 2. The number of anilines is 1. The van der Waals surface area contributed by atoms with Gasteiger partial charge in [-0.05, 0) is 50.0 Å². The Bertz CT molecular complexity index is 1550. The van der Waals surface area contributed by atoms with Crippen molar-refractivity contribution in [3.05, 3.63) is 78.3 Å². The number of methoxy groups -OCH3 is 1. The van der Waals surface area contributed by atoms with Gasteiger partial charge < -0.3 is 15.0 Å². The van der Waals surface area contributed by atoms with Gasteiger partial charge in [-0.3, -0.25) is 19.0 Å². The maximum Gasteiger partial charge on any atom is 0.299 e. The molecule has 4 aromatic rings. The minimum atomic E-state index is -0.635. The number of ether oxygens (including phenoxy) is 1. The summed E-state index contributed by atoms with van der Waals surface area (Å²) in [4.78, 5) is 36.3. The van der Waals surface area contributed by atoms with E-state index in [-0.39, 0.29) is 30.8 Å². The first-order valence-corrected chi connectivity index (χ1v) is 11.8. The molecular weight excluding hydrogens is 485 g/mol. The van der Waals surface area contributed by atoms with Crippen molar-refractivity contribution in [1.82, 2.24) is 19.3 Å². The number of hydrogen-bond donors (Lipinski definition) is 1. The molecule has 1 aliphatic rings. The Morgan fingerprint density at radius 1 is 1.18 bits per heavy atom. The van der Waals surface area contributed by atoms with Gasteiger partial charge in [0.05, 0.1) is 36.2 Å². The highest BCUT2D eigenvalue weighted by Gasteiger charge is 2.33. The SMILES string of the molecule is C.CC#CC(=O)N1CCC[C@H]1c1nc(-c2ccc(C(=O)Nc3cccc(OC)c3F)cc2)c2cnccn12. The van der Waals surface area contributed by atoms with E-state index in [0.29, 0.717) is 17.8 Å². The molecule has 0 saturated carbocycles. The molecule has 194 valence electrons. The minimum Gasteiger partial charge on any atom is -0.494 e. The molecule has 2 aromatic heterocycles. The summed E-state index contributed by atoms with van der Waals surface area (Å²) in [5.74, 6) is 4.82. The van der Waals surface area contributed by atoms with Crippen molar-refractivity contribution in [1.29, 1.82) is 0 Å². The zero-order chi connectivity index (χ0) is 25.9. The lowest BCUT2D eigenvalue weighted by Crippen LogP contribution is -2.30. The van der Waals surface area contributed by atoms with Gasteiger partial charge in [0.2, 0.25) is 0 Å². The standard InChI is InChI=1S/C28H24FN5O3.CH4/c1-3-6-24(35)33-15-5-8-21(33)27-32-26(22-17-30-14-16-34(22)27)18-10-12-19(13-11-18)28(36)31-20-7-4-9-23(37-2)25(20)29;/h4,7,9-14,16-17,21H,5,8,15H2,1-2H3,(H,31,36);1H4/t21-;/m0./s1. The molecule has 1 N–H and O–H groups in total. The fourth-order valence-electron chi connectivity index (χ4n) is 4.61. The molecule has 3 heterocycles. The van der Waals surface area contributed by atoms with Crippen molar-refractivity contribution in [2.24, 2.45) is 0 Å². The van der Waals surface area contributed by atoms with Crippen LogP contribution in [-0.2, 0) is 4.79 Å². The van der Waals surface area contributed by atoms with Gasteiger partial charge in [0.15, 0.2) is 11.6 Å². The van der Waals surface area contributed by atoms with Gasteiger partial charge in [-0.2, -0.15) is 0 Å². The molecule has 9 heteroatoms. The summed E-state index contributed by atoms with van der Waals surface area (Å²) in [6.07, 6.45) is 6.90. The van der Waals surface area contributed by atoms with Crippen LogP contribution in [0.4, 0.5) is 10.1 Å². The lowest BCUT2D eigenvalue weighted by molar-refractivity contribution is -0.126. The molecule has 5 rings (SSSR count). The molecule has 0 radical (unpaired) electrons. The Kier molecular flexibility index (Phi) is 7.72. The highest BCUT2D eigenvalue weighted by atomic mass is 19.1. The van der Waals surface area contributed by atoms with E-state index in [0.717, 1.165) is 29.7 Å². The van der Waals surface area contributed by atoms with Crippen molar-refractivity contribution in [2.75, 3.05) is 19.0 Å². The Morgan fingerprint density at radius 2 is 1.97 bits per heavy atom. The summed E-state index contributed by atoms with van der Waals surface area (Å²) >= 11 is 0. The second kappa shape index (κ2) is 11.1. The van der Waals surface area contributed by atoms with Crippen LogP contribution in [0, 0.1) is 17.7 Å². The van der Waals surface area contributed by atoms with E-state index >= 15 is 0 Å². The molecule has 8 nitrogen and oxygen atoms in total. The number of likely N-dealkylation sites (tertiary alicyclic amines) is 1. The summed E-state index contributed by atoms with van der Waals surface area (Å²) in [6, 6.07) is 11.3. The molecule has 1 saturated heterocycles. The Balaban J connectivity index is 0.00000336. The first-order valence-electron chi connectivity index (χ1n) is 11.8. The first kappa shape index (κ1) is 26.4. The fourth-order valence-corrected chi connectivity index (χ4v) is 4.61. The molecule has 2 amide bonds. The highest BCUT2D eigenvalue weighted by molar-refractivity contribution is 6.04. The molecule has 0 spiro atoms. The van der Waals surface area contributed by atoms with Gasteiger partial charge in [0.1, 0.15) is 5.82 Å². The monoisotopic (exact) mass is 513 g/mol. The van der Waals surface area contributed by atoms with Gasteiger partial charge in [-0.25, -0.2) is 9.37 Å². The van der Waals surface area contributed by atoms with Gasteiger partial charge in [0, 0.05) is 30.1 Å². The highest BCUT2D eigenvalue weighted by Crippen LogP contribution is 2.35. The molecule has 0 bridgehead atoms. The van der Waals surface area contributed by atoms with Gasteiger partial charge in [0.25, 0.3) is 11.8 Å². The van der Waals surface area contributed by atoms with Crippen LogP contribution in [0.1, 0.15) is 49.4 Å². The summed E-state index contributed by atoms with van der Waals surface area (Å²) in [5.41, 5.74) is 2.65. The summed E-state index contributed by atoms with van der Waals surface area (Å²) in [7, 11) is 1.37. The largest absolute Gasteiger partial charge is 0.494 e. The molecular formula is C29H28FN5O3. The number of benzene rings is 2. The maximum atomic E-state index is 14.4. The van der Waals surface area contributed by atoms with Gasteiger partial charge >= 0.3 is 0 Å². The molecule has 1 atom stereocenters. The number of fused-ring (bicyclic) bond motifs is 1. The third-order valence-electron chi connectivity index (χ3n) is 6.37. The fraction of sp³-hybridized carbons (Fsp3) is 0.241. The predicted molar refractivity (Wildman–Crippen MR) is 143 cm³/mol. The third kappa shape index (κ3) is 4.81. The van der Waals surface area contributed by atoms with E-state index in [4.69, 9.17) is 9.72 Å². The maximum absolute atomic E-state index is 14.4. The van der Waals surface area contributed by atoms with Crippen molar-refractivity contribution >= 4 is 23.0 Å². The van der Waals surface area contributed by atoms with E-state index in [1.165, 1.54) is 19.2 Å². The van der Waals surface area contributed by atoms with Crippen LogP contribution in [0.15, 0.2) is 61.1 Å². The van der Waals surface area contributed by atoms with E-state index < -0.39 is 11.7 Å². The molecule has 1 fully saturated rings. The summed E-state index contributed by atoms with van der Waals surface area (Å²) < 4.78 is 21.4. The van der Waals surface area contributed by atoms with Crippen molar-refractivity contribution in [3.63, 3.8) is 0 Å². The number of nitrogens with one attached hydrogen (secondary N) is 1. The van der Waals surface area contributed by atoms with E-state index in [2.05, 4.69) is 22.1 Å². The normalized spacial score (nSPS) is 14.4. The molecule has 2 aromatic carbocycles. The van der Waals surface area contributed by atoms with Crippen LogP contribution in [-0.4, -0.2) is 44.7 Å². The third-order valence-corrected chi connectivity index (χ3v) is 6.37. The van der Waals surface area contributed by atoms with Crippen LogP contribution in [0.2, 0.25) is 0 Å². The van der Waals surface area contributed by atoms with Gasteiger partial charge in [-0.1, -0.05) is 31.5 Å². The minimum absolute atomic E-state index is 0. The van der Waals surface area contributed by atoms with Gasteiger partial charge in [-0.15, -0.1) is 0 Å². The quantitative estimate of drug-likeness (QED) is 0.374. The van der Waals surface area contributed by atoms with Crippen LogP contribution in [0.25, 0.3) is 16.8 Å². The van der Waals surface area contributed by atoms with Crippen LogP contribution >= 0.6 is 0 Å². The number of carbonyl (C=O) groups excluding carboxylic acids is 2. The molecule has 38 heavy (non-hydrogen) atoms. The number of rotatable bonds is 5. The Morgan fingerprint density at radius 3 is 2.71 bits per heavy atom. The molecule has 0 aliphatic carbocycles. The second-order valence-electron chi connectivity index (χ2n) is 8.54. The molecule has 1 aliphatic heterocycles.